The second kappa shape index (κ2) is 7.24. The molecule has 0 saturated carbocycles. The number of ether oxygens (including phenoxy) is 1. The first-order valence-corrected chi connectivity index (χ1v) is 7.22. The smallest absolute Gasteiger partial charge is 0.311 e. The molecule has 0 aromatic heterocycles. The van der Waals surface area contributed by atoms with Gasteiger partial charge in [-0.15, -0.1) is 13.2 Å². The maximum atomic E-state index is 12.1. The van der Waals surface area contributed by atoms with E-state index in [0.29, 0.717) is 6.04 Å². The standard InChI is InChI=1S/C15H21F3N2O/c1-2-13-11-20(8-9-21-15(16,17)18)14(10-19-13)12-6-4-3-5-7-12/h3-7,13-14,19H,2,8-11H2,1H3. The van der Waals surface area contributed by atoms with E-state index in [4.69, 9.17) is 0 Å². The van der Waals surface area contributed by atoms with Gasteiger partial charge in [0.1, 0.15) is 0 Å². The lowest BCUT2D eigenvalue weighted by Gasteiger charge is -2.40. The van der Waals surface area contributed by atoms with Crippen LogP contribution in [-0.2, 0) is 4.74 Å². The van der Waals surface area contributed by atoms with Crippen molar-refractivity contribution in [1.29, 1.82) is 0 Å². The van der Waals surface area contributed by atoms with Crippen LogP contribution in [0.1, 0.15) is 24.9 Å². The van der Waals surface area contributed by atoms with Crippen LogP contribution in [0.25, 0.3) is 0 Å². The Morgan fingerprint density at radius 1 is 1.29 bits per heavy atom. The molecule has 1 saturated heterocycles. The predicted molar refractivity (Wildman–Crippen MR) is 74.8 cm³/mol. The van der Waals surface area contributed by atoms with Gasteiger partial charge in [-0.25, -0.2) is 0 Å². The van der Waals surface area contributed by atoms with E-state index in [2.05, 4.69) is 21.9 Å². The molecule has 1 aromatic carbocycles. The Bertz CT molecular complexity index is 425. The fraction of sp³-hybridized carbons (Fsp3) is 0.600. The third-order valence-corrected chi connectivity index (χ3v) is 3.82. The minimum atomic E-state index is -4.56. The predicted octanol–water partition coefficient (Wildman–Crippen LogP) is 2.95. The van der Waals surface area contributed by atoms with Gasteiger partial charge in [-0.3, -0.25) is 9.64 Å². The number of hydrogen-bond acceptors (Lipinski definition) is 3. The van der Waals surface area contributed by atoms with E-state index in [-0.39, 0.29) is 19.2 Å². The van der Waals surface area contributed by atoms with Crippen molar-refractivity contribution in [3.63, 3.8) is 0 Å². The Labute approximate surface area is 123 Å². The van der Waals surface area contributed by atoms with Crippen LogP contribution in [0.2, 0.25) is 0 Å². The van der Waals surface area contributed by atoms with Crippen molar-refractivity contribution in [1.82, 2.24) is 10.2 Å². The van der Waals surface area contributed by atoms with Crippen molar-refractivity contribution >= 4 is 0 Å². The van der Waals surface area contributed by atoms with Gasteiger partial charge in [0.25, 0.3) is 0 Å². The molecular weight excluding hydrogens is 281 g/mol. The van der Waals surface area contributed by atoms with E-state index in [1.807, 2.05) is 30.3 Å². The molecular formula is C15H21F3N2O. The maximum absolute atomic E-state index is 12.1. The molecule has 2 unspecified atom stereocenters. The maximum Gasteiger partial charge on any atom is 0.522 e. The molecule has 1 aliphatic rings. The van der Waals surface area contributed by atoms with Crippen LogP contribution < -0.4 is 5.32 Å². The quantitative estimate of drug-likeness (QED) is 0.905. The lowest BCUT2D eigenvalue weighted by molar-refractivity contribution is -0.325. The zero-order valence-corrected chi connectivity index (χ0v) is 12.1. The molecule has 0 spiro atoms. The van der Waals surface area contributed by atoms with Gasteiger partial charge in [-0.1, -0.05) is 37.3 Å². The zero-order chi connectivity index (χ0) is 15.3. The molecule has 3 nitrogen and oxygen atoms in total. The van der Waals surface area contributed by atoms with E-state index in [1.165, 1.54) is 0 Å². The number of rotatable bonds is 5. The fourth-order valence-electron chi connectivity index (χ4n) is 2.69. The largest absolute Gasteiger partial charge is 0.522 e. The second-order valence-electron chi connectivity index (χ2n) is 5.23. The Hall–Kier alpha value is -1.11. The fourth-order valence-corrected chi connectivity index (χ4v) is 2.69. The highest BCUT2D eigenvalue weighted by Crippen LogP contribution is 2.24. The molecule has 0 aliphatic carbocycles. The Balaban J connectivity index is 2.00. The summed E-state index contributed by atoms with van der Waals surface area (Å²) in [5.74, 6) is 0. The molecule has 1 aliphatic heterocycles. The van der Waals surface area contributed by atoms with Gasteiger partial charge in [-0.2, -0.15) is 0 Å². The normalized spacial score (nSPS) is 24.2. The first-order chi connectivity index (χ1) is 9.99. The summed E-state index contributed by atoms with van der Waals surface area (Å²) in [6, 6.07) is 10.3. The molecule has 2 rings (SSSR count). The average Bonchev–Trinajstić information content (AvgIpc) is 2.46. The van der Waals surface area contributed by atoms with Crippen molar-refractivity contribution < 1.29 is 17.9 Å². The van der Waals surface area contributed by atoms with E-state index in [9.17, 15) is 13.2 Å². The lowest BCUT2D eigenvalue weighted by atomic mass is 10.0. The summed E-state index contributed by atoms with van der Waals surface area (Å²) in [5.41, 5.74) is 1.12. The summed E-state index contributed by atoms with van der Waals surface area (Å²) in [6.07, 6.45) is -3.60. The van der Waals surface area contributed by atoms with Gasteiger partial charge in [-0.05, 0) is 12.0 Å². The van der Waals surface area contributed by atoms with Crippen LogP contribution in [0, 0.1) is 0 Å². The highest BCUT2D eigenvalue weighted by molar-refractivity contribution is 5.20. The van der Waals surface area contributed by atoms with Gasteiger partial charge in [0.15, 0.2) is 0 Å². The summed E-state index contributed by atoms with van der Waals surface area (Å²) in [6.45, 7) is 3.50. The van der Waals surface area contributed by atoms with Crippen LogP contribution in [0.15, 0.2) is 30.3 Å². The first kappa shape index (κ1) is 16.3. The third-order valence-electron chi connectivity index (χ3n) is 3.82. The molecule has 1 N–H and O–H groups in total. The third kappa shape index (κ3) is 4.98. The van der Waals surface area contributed by atoms with Gasteiger partial charge >= 0.3 is 6.36 Å². The van der Waals surface area contributed by atoms with E-state index >= 15 is 0 Å². The molecule has 0 radical (unpaired) electrons. The topological polar surface area (TPSA) is 24.5 Å². The summed E-state index contributed by atoms with van der Waals surface area (Å²) in [5, 5.41) is 3.45. The summed E-state index contributed by atoms with van der Waals surface area (Å²) >= 11 is 0. The van der Waals surface area contributed by atoms with Crippen molar-refractivity contribution in [2.75, 3.05) is 26.2 Å². The molecule has 1 aromatic rings. The summed E-state index contributed by atoms with van der Waals surface area (Å²) < 4.78 is 40.3. The van der Waals surface area contributed by atoms with Crippen LogP contribution in [0.3, 0.4) is 0 Å². The average molecular weight is 302 g/mol. The van der Waals surface area contributed by atoms with Crippen molar-refractivity contribution in [3.8, 4) is 0 Å². The first-order valence-electron chi connectivity index (χ1n) is 7.22. The molecule has 6 heteroatoms. The number of benzene rings is 1. The Morgan fingerprint density at radius 3 is 2.62 bits per heavy atom. The Morgan fingerprint density at radius 2 is 2.00 bits per heavy atom. The van der Waals surface area contributed by atoms with Crippen LogP contribution in [-0.4, -0.2) is 43.5 Å². The molecule has 118 valence electrons. The van der Waals surface area contributed by atoms with Crippen molar-refractivity contribution in [2.45, 2.75) is 31.8 Å². The SMILES string of the molecule is CCC1CN(CCOC(F)(F)F)C(c2ccccc2)CN1. The monoisotopic (exact) mass is 302 g/mol. The number of halogens is 3. The Kier molecular flexibility index (Phi) is 5.61. The highest BCUT2D eigenvalue weighted by Gasteiger charge is 2.31. The van der Waals surface area contributed by atoms with E-state index < -0.39 is 6.36 Å². The van der Waals surface area contributed by atoms with E-state index in [0.717, 1.165) is 25.1 Å². The second-order valence-corrected chi connectivity index (χ2v) is 5.23. The summed E-state index contributed by atoms with van der Waals surface area (Å²) in [4.78, 5) is 2.08. The molecule has 21 heavy (non-hydrogen) atoms. The van der Waals surface area contributed by atoms with Gasteiger partial charge < -0.3 is 5.32 Å². The highest BCUT2D eigenvalue weighted by atomic mass is 19.4. The minimum absolute atomic E-state index is 0.0887. The van der Waals surface area contributed by atoms with E-state index in [1.54, 1.807) is 0 Å². The van der Waals surface area contributed by atoms with Crippen LogP contribution in [0.4, 0.5) is 13.2 Å². The van der Waals surface area contributed by atoms with Crippen LogP contribution in [0.5, 0.6) is 0 Å². The molecule has 1 heterocycles. The van der Waals surface area contributed by atoms with Crippen molar-refractivity contribution in [3.05, 3.63) is 35.9 Å². The summed E-state index contributed by atoms with van der Waals surface area (Å²) in [7, 11) is 0. The lowest BCUT2D eigenvalue weighted by Crippen LogP contribution is -2.52. The number of hydrogen-bond donors (Lipinski definition) is 1. The number of nitrogens with zero attached hydrogens (tertiary/aromatic N) is 1. The van der Waals surface area contributed by atoms with Gasteiger partial charge in [0.05, 0.1) is 6.61 Å². The van der Waals surface area contributed by atoms with Crippen molar-refractivity contribution in [2.24, 2.45) is 0 Å². The number of alkyl halides is 3. The number of piperazine rings is 1. The van der Waals surface area contributed by atoms with Crippen LogP contribution >= 0.6 is 0 Å². The van der Waals surface area contributed by atoms with Gasteiger partial charge in [0, 0.05) is 31.7 Å². The molecule has 1 fully saturated rings. The molecule has 2 atom stereocenters. The zero-order valence-electron chi connectivity index (χ0n) is 12.1. The molecule has 0 bridgehead atoms. The molecule has 0 amide bonds. The number of nitrogens with one attached hydrogen (secondary N) is 1. The minimum Gasteiger partial charge on any atom is -0.311 e. The van der Waals surface area contributed by atoms with Gasteiger partial charge in [0.2, 0.25) is 0 Å².